The van der Waals surface area contributed by atoms with E-state index in [1.165, 1.54) is 16.0 Å². The molecule has 4 heteroatoms. The van der Waals surface area contributed by atoms with Crippen LogP contribution in [0.15, 0.2) is 18.2 Å². The molecule has 0 aromatic heterocycles. The van der Waals surface area contributed by atoms with Crippen LogP contribution in [0.2, 0.25) is 0 Å². The summed E-state index contributed by atoms with van der Waals surface area (Å²) < 4.78 is 0. The molecule has 4 nitrogen and oxygen atoms in total. The maximum Gasteiger partial charge on any atom is 0.321 e. The van der Waals surface area contributed by atoms with Crippen LogP contribution in [0.3, 0.4) is 0 Å². The second-order valence-electron chi connectivity index (χ2n) is 4.23. The Morgan fingerprint density at radius 2 is 2.19 bits per heavy atom. The lowest BCUT2D eigenvalue weighted by molar-refractivity contribution is 0.230. The number of anilines is 1. The molecule has 0 aliphatic carbocycles. The molecule has 0 bridgehead atoms. The van der Waals surface area contributed by atoms with Gasteiger partial charge in [-0.25, -0.2) is 4.79 Å². The second kappa shape index (κ2) is 4.53. The fraction of sp³-hybridized carbons (Fsp3) is 0.417. The molecule has 2 amide bonds. The Labute approximate surface area is 95.6 Å². The van der Waals surface area contributed by atoms with Gasteiger partial charge in [0.15, 0.2) is 0 Å². The summed E-state index contributed by atoms with van der Waals surface area (Å²) >= 11 is 0. The molecule has 1 aromatic rings. The molecule has 0 spiro atoms. The van der Waals surface area contributed by atoms with Gasteiger partial charge in [-0.2, -0.15) is 0 Å². The predicted molar refractivity (Wildman–Crippen MR) is 64.6 cm³/mol. The van der Waals surface area contributed by atoms with Crippen LogP contribution in [0.5, 0.6) is 0 Å². The van der Waals surface area contributed by atoms with Crippen molar-refractivity contribution in [2.45, 2.75) is 13.0 Å². The van der Waals surface area contributed by atoms with Crippen molar-refractivity contribution in [3.8, 4) is 0 Å². The molecule has 0 fully saturated rings. The highest BCUT2D eigenvalue weighted by Gasteiger charge is 2.10. The fourth-order valence-electron chi connectivity index (χ4n) is 1.79. The molecule has 86 valence electrons. The van der Waals surface area contributed by atoms with Crippen LogP contribution >= 0.6 is 0 Å². The van der Waals surface area contributed by atoms with E-state index in [9.17, 15) is 4.79 Å². The van der Waals surface area contributed by atoms with E-state index < -0.39 is 0 Å². The Morgan fingerprint density at radius 3 is 2.94 bits per heavy atom. The standard InChI is InChI=1S/C12H17N3O/c1-15(2)12(16)14-11-4-3-9-5-6-13-8-10(9)7-11/h3-4,7,13H,5-6,8H2,1-2H3,(H,14,16). The quantitative estimate of drug-likeness (QED) is 0.750. The number of carbonyl (C=O) groups excluding carboxylic acids is 1. The van der Waals surface area contributed by atoms with Gasteiger partial charge in [-0.1, -0.05) is 6.07 Å². The monoisotopic (exact) mass is 219 g/mol. The molecule has 0 saturated carbocycles. The number of fused-ring (bicyclic) bond motifs is 1. The maximum atomic E-state index is 11.5. The van der Waals surface area contributed by atoms with Crippen LogP contribution in [0, 0.1) is 0 Å². The van der Waals surface area contributed by atoms with E-state index in [2.05, 4.69) is 16.7 Å². The summed E-state index contributed by atoms with van der Waals surface area (Å²) in [5.74, 6) is 0. The summed E-state index contributed by atoms with van der Waals surface area (Å²) in [5, 5.41) is 6.17. The second-order valence-corrected chi connectivity index (χ2v) is 4.23. The number of benzene rings is 1. The Balaban J connectivity index is 2.14. The molecule has 1 heterocycles. The average Bonchev–Trinajstić information content (AvgIpc) is 2.28. The third-order valence-electron chi connectivity index (χ3n) is 2.75. The summed E-state index contributed by atoms with van der Waals surface area (Å²) in [4.78, 5) is 13.0. The fourth-order valence-corrected chi connectivity index (χ4v) is 1.79. The van der Waals surface area contributed by atoms with Gasteiger partial charge < -0.3 is 15.5 Å². The van der Waals surface area contributed by atoms with Crippen molar-refractivity contribution in [2.24, 2.45) is 0 Å². The molecule has 0 saturated heterocycles. The van der Waals surface area contributed by atoms with Crippen LogP contribution in [0.4, 0.5) is 10.5 Å². The lowest BCUT2D eigenvalue weighted by Gasteiger charge is -2.19. The SMILES string of the molecule is CN(C)C(=O)Nc1ccc2c(c1)CNCC2. The zero-order valence-electron chi connectivity index (χ0n) is 9.71. The van der Waals surface area contributed by atoms with Gasteiger partial charge in [-0.3, -0.25) is 0 Å². The molecule has 0 unspecified atom stereocenters. The number of nitrogens with zero attached hydrogens (tertiary/aromatic N) is 1. The third-order valence-corrected chi connectivity index (χ3v) is 2.75. The summed E-state index contributed by atoms with van der Waals surface area (Å²) in [5.41, 5.74) is 3.52. The normalized spacial score (nSPS) is 14.1. The zero-order chi connectivity index (χ0) is 11.5. The van der Waals surface area contributed by atoms with E-state index in [1.807, 2.05) is 12.1 Å². The average molecular weight is 219 g/mol. The number of amides is 2. The number of nitrogens with one attached hydrogen (secondary N) is 2. The lowest BCUT2D eigenvalue weighted by Crippen LogP contribution is -2.28. The van der Waals surface area contributed by atoms with Crippen LogP contribution < -0.4 is 10.6 Å². The Morgan fingerprint density at radius 1 is 1.38 bits per heavy atom. The van der Waals surface area contributed by atoms with Crippen molar-refractivity contribution in [1.29, 1.82) is 0 Å². The molecule has 1 aliphatic rings. The zero-order valence-corrected chi connectivity index (χ0v) is 9.71. The van der Waals surface area contributed by atoms with E-state index in [0.717, 1.165) is 25.2 Å². The number of urea groups is 1. The summed E-state index contributed by atoms with van der Waals surface area (Å²) in [6, 6.07) is 6.01. The number of hydrogen-bond acceptors (Lipinski definition) is 2. The van der Waals surface area contributed by atoms with E-state index >= 15 is 0 Å². The van der Waals surface area contributed by atoms with E-state index in [4.69, 9.17) is 0 Å². The molecule has 0 atom stereocenters. The Bertz CT molecular complexity index is 401. The highest BCUT2D eigenvalue weighted by atomic mass is 16.2. The number of carbonyl (C=O) groups is 1. The summed E-state index contributed by atoms with van der Waals surface area (Å²) in [6.07, 6.45) is 1.07. The van der Waals surface area contributed by atoms with Crippen molar-refractivity contribution in [3.05, 3.63) is 29.3 Å². The van der Waals surface area contributed by atoms with Crippen molar-refractivity contribution >= 4 is 11.7 Å². The summed E-state index contributed by atoms with van der Waals surface area (Å²) in [6.45, 7) is 1.93. The van der Waals surface area contributed by atoms with Gasteiger partial charge >= 0.3 is 6.03 Å². The molecular formula is C12H17N3O. The number of rotatable bonds is 1. The van der Waals surface area contributed by atoms with Crippen LogP contribution in [0.25, 0.3) is 0 Å². The molecule has 0 radical (unpaired) electrons. The topological polar surface area (TPSA) is 44.4 Å². The van der Waals surface area contributed by atoms with E-state index in [1.54, 1.807) is 14.1 Å². The first-order chi connectivity index (χ1) is 7.66. The third kappa shape index (κ3) is 2.33. The van der Waals surface area contributed by atoms with Gasteiger partial charge in [0.2, 0.25) is 0 Å². The van der Waals surface area contributed by atoms with Gasteiger partial charge in [0.25, 0.3) is 0 Å². The number of hydrogen-bond donors (Lipinski definition) is 2. The van der Waals surface area contributed by atoms with Gasteiger partial charge in [0.05, 0.1) is 0 Å². The van der Waals surface area contributed by atoms with Crippen molar-refractivity contribution in [3.63, 3.8) is 0 Å². The minimum atomic E-state index is -0.0938. The van der Waals surface area contributed by atoms with Crippen molar-refractivity contribution in [2.75, 3.05) is 26.0 Å². The largest absolute Gasteiger partial charge is 0.331 e. The first kappa shape index (κ1) is 11.0. The minimum absolute atomic E-state index is 0.0938. The smallest absolute Gasteiger partial charge is 0.321 e. The molecule has 16 heavy (non-hydrogen) atoms. The van der Waals surface area contributed by atoms with E-state index in [-0.39, 0.29) is 6.03 Å². The molecule has 1 aromatic carbocycles. The predicted octanol–water partition coefficient (Wildman–Crippen LogP) is 1.43. The molecule has 1 aliphatic heterocycles. The Kier molecular flexibility index (Phi) is 3.10. The summed E-state index contributed by atoms with van der Waals surface area (Å²) in [7, 11) is 3.46. The van der Waals surface area contributed by atoms with Gasteiger partial charge in [-0.15, -0.1) is 0 Å². The van der Waals surface area contributed by atoms with Crippen LogP contribution in [0.1, 0.15) is 11.1 Å². The van der Waals surface area contributed by atoms with Gasteiger partial charge in [-0.05, 0) is 36.2 Å². The van der Waals surface area contributed by atoms with Crippen LogP contribution in [-0.2, 0) is 13.0 Å². The minimum Gasteiger partial charge on any atom is -0.331 e. The van der Waals surface area contributed by atoms with Crippen molar-refractivity contribution < 1.29 is 4.79 Å². The van der Waals surface area contributed by atoms with E-state index in [0.29, 0.717) is 0 Å². The molecular weight excluding hydrogens is 202 g/mol. The first-order valence-corrected chi connectivity index (χ1v) is 5.47. The van der Waals surface area contributed by atoms with Gasteiger partial charge in [0, 0.05) is 26.3 Å². The highest BCUT2D eigenvalue weighted by Crippen LogP contribution is 2.19. The maximum absolute atomic E-state index is 11.5. The lowest BCUT2D eigenvalue weighted by atomic mass is 10.0. The first-order valence-electron chi connectivity index (χ1n) is 5.47. The molecule has 2 N–H and O–H groups in total. The Hall–Kier alpha value is -1.55. The van der Waals surface area contributed by atoms with Crippen LogP contribution in [-0.4, -0.2) is 31.6 Å². The van der Waals surface area contributed by atoms with Crippen molar-refractivity contribution in [1.82, 2.24) is 10.2 Å². The molecule has 2 rings (SSSR count). The highest BCUT2D eigenvalue weighted by molar-refractivity contribution is 5.89. The van der Waals surface area contributed by atoms with Gasteiger partial charge in [0.1, 0.15) is 0 Å².